The van der Waals surface area contributed by atoms with Gasteiger partial charge >= 0.3 is 0 Å². The van der Waals surface area contributed by atoms with Gasteiger partial charge in [-0.15, -0.1) is 0 Å². The summed E-state index contributed by atoms with van der Waals surface area (Å²) in [6.45, 7) is 2.19. The Hall–Kier alpha value is -2.25. The van der Waals surface area contributed by atoms with Crippen LogP contribution in [0.25, 0.3) is 0 Å². The molecule has 1 N–H and O–H groups in total. The summed E-state index contributed by atoms with van der Waals surface area (Å²) >= 11 is 6.16. The van der Waals surface area contributed by atoms with Gasteiger partial charge in [-0.25, -0.2) is 8.42 Å². The van der Waals surface area contributed by atoms with E-state index in [9.17, 15) is 13.2 Å². The minimum atomic E-state index is -3.71. The van der Waals surface area contributed by atoms with Crippen molar-refractivity contribution in [2.75, 3.05) is 24.2 Å². The van der Waals surface area contributed by atoms with Crippen LogP contribution in [0.5, 0.6) is 5.75 Å². The highest BCUT2D eigenvalue weighted by Gasteiger charge is 2.31. The molecule has 2 aromatic rings. The van der Waals surface area contributed by atoms with E-state index in [0.29, 0.717) is 30.8 Å². The number of benzene rings is 2. The maximum atomic E-state index is 12.8. The van der Waals surface area contributed by atoms with Crippen molar-refractivity contribution in [1.82, 2.24) is 5.32 Å². The molecule has 0 radical (unpaired) electrons. The number of hydrogen-bond acceptors (Lipinski definition) is 4. The highest BCUT2D eigenvalue weighted by molar-refractivity contribution is 7.92. The van der Waals surface area contributed by atoms with Crippen LogP contribution in [0.4, 0.5) is 5.69 Å². The fourth-order valence-electron chi connectivity index (χ4n) is 2.95. The summed E-state index contributed by atoms with van der Waals surface area (Å²) in [5, 5.41) is 3.11. The molecule has 1 atom stereocenters. The summed E-state index contributed by atoms with van der Waals surface area (Å²) in [4.78, 5) is 12.8. The summed E-state index contributed by atoms with van der Waals surface area (Å²) in [5.74, 6) is 0.0787. The predicted octanol–water partition coefficient (Wildman–Crippen LogP) is 3.25. The van der Waals surface area contributed by atoms with Crippen LogP contribution in [-0.4, -0.2) is 40.3 Å². The monoisotopic (exact) mass is 424 g/mol. The highest BCUT2D eigenvalue weighted by atomic mass is 35.5. The van der Waals surface area contributed by atoms with Crippen molar-refractivity contribution in [2.24, 2.45) is 0 Å². The first-order valence-corrected chi connectivity index (χ1v) is 11.1. The van der Waals surface area contributed by atoms with E-state index in [2.05, 4.69) is 5.32 Å². The third kappa shape index (κ3) is 5.62. The first-order chi connectivity index (χ1) is 13.3. The second-order valence-electron chi connectivity index (χ2n) is 6.33. The molecular weight excluding hydrogens is 400 g/mol. The Labute approximate surface area is 171 Å². The average Bonchev–Trinajstić information content (AvgIpc) is 2.65. The van der Waals surface area contributed by atoms with Crippen molar-refractivity contribution in [2.45, 2.75) is 25.8 Å². The highest BCUT2D eigenvalue weighted by Crippen LogP contribution is 2.31. The Bertz CT molecular complexity index is 904. The van der Waals surface area contributed by atoms with Gasteiger partial charge in [0.1, 0.15) is 11.8 Å². The number of rotatable bonds is 9. The lowest BCUT2D eigenvalue weighted by Crippen LogP contribution is -2.49. The van der Waals surface area contributed by atoms with Gasteiger partial charge in [0.15, 0.2) is 0 Å². The number of methoxy groups -OCH3 is 1. The molecule has 0 bridgehead atoms. The van der Waals surface area contributed by atoms with Gasteiger partial charge in [-0.3, -0.25) is 9.10 Å². The number of carbonyl (C=O) groups excluding carboxylic acids is 1. The maximum Gasteiger partial charge on any atom is 0.243 e. The average molecular weight is 425 g/mol. The lowest BCUT2D eigenvalue weighted by Gasteiger charge is -2.30. The number of anilines is 1. The second-order valence-corrected chi connectivity index (χ2v) is 8.59. The lowest BCUT2D eigenvalue weighted by molar-refractivity contribution is -0.122. The Kier molecular flexibility index (Phi) is 7.71. The van der Waals surface area contributed by atoms with E-state index in [0.717, 1.165) is 16.1 Å². The molecule has 6 nitrogen and oxygen atoms in total. The fraction of sp³-hybridized carbons (Fsp3) is 0.350. The number of nitrogens with zero attached hydrogens (tertiary/aromatic N) is 1. The molecule has 0 unspecified atom stereocenters. The summed E-state index contributed by atoms with van der Waals surface area (Å²) in [7, 11) is -2.24. The first kappa shape index (κ1) is 22.0. The number of halogens is 1. The predicted molar refractivity (Wildman–Crippen MR) is 113 cm³/mol. The van der Waals surface area contributed by atoms with E-state index in [1.54, 1.807) is 19.1 Å². The molecule has 8 heteroatoms. The van der Waals surface area contributed by atoms with E-state index in [4.69, 9.17) is 16.3 Å². The SMILES string of the molecule is CC[C@H](C(=O)NCCc1ccccc1)N(c1ccc(OC)c(Cl)c1)S(C)(=O)=O. The van der Waals surface area contributed by atoms with Crippen LogP contribution in [0.1, 0.15) is 18.9 Å². The molecule has 0 aliphatic carbocycles. The number of amides is 1. The van der Waals surface area contributed by atoms with Crippen LogP contribution >= 0.6 is 11.6 Å². The molecule has 0 saturated heterocycles. The summed E-state index contributed by atoms with van der Waals surface area (Å²) in [6.07, 6.45) is 2.05. The molecular formula is C20H25ClN2O4S. The summed E-state index contributed by atoms with van der Waals surface area (Å²) in [6, 6.07) is 13.5. The van der Waals surface area contributed by atoms with Crippen LogP contribution in [0, 0.1) is 0 Å². The Morgan fingerprint density at radius 2 is 1.89 bits per heavy atom. The van der Waals surface area contributed by atoms with Gasteiger partial charge < -0.3 is 10.1 Å². The van der Waals surface area contributed by atoms with Crippen LogP contribution in [-0.2, 0) is 21.2 Å². The molecule has 28 heavy (non-hydrogen) atoms. The van der Waals surface area contributed by atoms with Crippen LogP contribution in [0.3, 0.4) is 0 Å². The van der Waals surface area contributed by atoms with Gasteiger partial charge in [0.05, 0.1) is 24.1 Å². The van der Waals surface area contributed by atoms with Gasteiger partial charge in [-0.2, -0.15) is 0 Å². The normalized spacial score (nSPS) is 12.3. The molecule has 0 aliphatic heterocycles. The Balaban J connectivity index is 2.20. The molecule has 2 rings (SSSR count). The standard InChI is InChI=1S/C20H25ClN2O4S/c1-4-18(20(24)22-13-12-15-8-6-5-7-9-15)23(28(3,25)26)16-10-11-19(27-2)17(21)14-16/h5-11,14,18H,4,12-13H2,1-3H3,(H,22,24)/t18-/m1/s1. The molecule has 0 spiro atoms. The first-order valence-electron chi connectivity index (χ1n) is 8.92. The van der Waals surface area contributed by atoms with Crippen molar-refractivity contribution < 1.29 is 17.9 Å². The van der Waals surface area contributed by atoms with Crippen molar-refractivity contribution in [3.63, 3.8) is 0 Å². The molecule has 0 heterocycles. The molecule has 0 aliphatic rings. The quantitative estimate of drug-likeness (QED) is 0.670. The van der Waals surface area contributed by atoms with Crippen molar-refractivity contribution in [3.05, 3.63) is 59.1 Å². The third-order valence-electron chi connectivity index (χ3n) is 4.28. The maximum absolute atomic E-state index is 12.8. The lowest BCUT2D eigenvalue weighted by atomic mass is 10.1. The van der Waals surface area contributed by atoms with Gasteiger partial charge in [0.2, 0.25) is 15.9 Å². The van der Waals surface area contributed by atoms with Crippen LogP contribution in [0.2, 0.25) is 5.02 Å². The van der Waals surface area contributed by atoms with Gasteiger partial charge in [-0.05, 0) is 36.6 Å². The summed E-state index contributed by atoms with van der Waals surface area (Å²) in [5.41, 5.74) is 1.41. The summed E-state index contributed by atoms with van der Waals surface area (Å²) < 4.78 is 31.2. The van der Waals surface area contributed by atoms with Gasteiger partial charge in [-0.1, -0.05) is 48.9 Å². The van der Waals surface area contributed by atoms with Crippen molar-refractivity contribution in [1.29, 1.82) is 0 Å². The largest absolute Gasteiger partial charge is 0.495 e. The molecule has 2 aromatic carbocycles. The number of ether oxygens (including phenoxy) is 1. The molecule has 152 valence electrons. The smallest absolute Gasteiger partial charge is 0.243 e. The molecule has 0 fully saturated rings. The zero-order chi connectivity index (χ0) is 20.7. The second kappa shape index (κ2) is 9.80. The van der Waals surface area contributed by atoms with Crippen LogP contribution < -0.4 is 14.4 Å². The zero-order valence-corrected chi connectivity index (χ0v) is 17.8. The molecule has 0 aromatic heterocycles. The van der Waals surface area contributed by atoms with Crippen LogP contribution in [0.15, 0.2) is 48.5 Å². The van der Waals surface area contributed by atoms with Gasteiger partial charge in [0, 0.05) is 6.54 Å². The zero-order valence-electron chi connectivity index (χ0n) is 16.2. The Morgan fingerprint density at radius 3 is 2.43 bits per heavy atom. The number of carbonyl (C=O) groups is 1. The molecule has 1 amide bonds. The van der Waals surface area contributed by atoms with Crippen molar-refractivity contribution >= 4 is 33.2 Å². The van der Waals surface area contributed by atoms with E-state index < -0.39 is 16.1 Å². The number of hydrogen-bond donors (Lipinski definition) is 1. The van der Waals surface area contributed by atoms with E-state index in [1.807, 2.05) is 30.3 Å². The fourth-order valence-corrected chi connectivity index (χ4v) is 4.40. The number of nitrogens with one attached hydrogen (secondary N) is 1. The van der Waals surface area contributed by atoms with E-state index in [1.165, 1.54) is 13.2 Å². The van der Waals surface area contributed by atoms with Gasteiger partial charge in [0.25, 0.3) is 0 Å². The topological polar surface area (TPSA) is 75.7 Å². The molecule has 0 saturated carbocycles. The minimum absolute atomic E-state index is 0.271. The number of sulfonamides is 1. The Morgan fingerprint density at radius 1 is 1.21 bits per heavy atom. The third-order valence-corrected chi connectivity index (χ3v) is 5.75. The van der Waals surface area contributed by atoms with Crippen molar-refractivity contribution in [3.8, 4) is 5.75 Å². The minimum Gasteiger partial charge on any atom is -0.495 e. The van der Waals surface area contributed by atoms with E-state index >= 15 is 0 Å². The van der Waals surface area contributed by atoms with E-state index in [-0.39, 0.29) is 10.9 Å².